The SMILES string of the molecule is Cc1ccc(S(=O)(=O)NCCCn2ncc3ccccc32)cc1. The molecule has 23 heavy (non-hydrogen) atoms. The maximum atomic E-state index is 12.2. The van der Waals surface area contributed by atoms with Crippen molar-refractivity contribution in [2.75, 3.05) is 6.54 Å². The minimum absolute atomic E-state index is 0.299. The summed E-state index contributed by atoms with van der Waals surface area (Å²) in [5.41, 5.74) is 2.10. The molecule has 120 valence electrons. The van der Waals surface area contributed by atoms with Gasteiger partial charge in [0.15, 0.2) is 0 Å². The van der Waals surface area contributed by atoms with Crippen molar-refractivity contribution in [1.29, 1.82) is 0 Å². The topological polar surface area (TPSA) is 64.0 Å². The van der Waals surface area contributed by atoms with E-state index < -0.39 is 10.0 Å². The number of nitrogens with one attached hydrogen (secondary N) is 1. The van der Waals surface area contributed by atoms with Gasteiger partial charge in [-0.25, -0.2) is 13.1 Å². The zero-order valence-electron chi connectivity index (χ0n) is 12.9. The van der Waals surface area contributed by atoms with Gasteiger partial charge in [-0.3, -0.25) is 4.68 Å². The van der Waals surface area contributed by atoms with Crippen LogP contribution in [0.2, 0.25) is 0 Å². The monoisotopic (exact) mass is 329 g/mol. The summed E-state index contributed by atoms with van der Waals surface area (Å²) in [6.07, 6.45) is 2.50. The van der Waals surface area contributed by atoms with E-state index in [9.17, 15) is 8.42 Å². The van der Waals surface area contributed by atoms with Gasteiger partial charge in [0.2, 0.25) is 10.0 Å². The molecule has 5 nitrogen and oxygen atoms in total. The lowest BCUT2D eigenvalue weighted by Crippen LogP contribution is -2.25. The molecular formula is C17H19N3O2S. The van der Waals surface area contributed by atoms with Crippen LogP contribution in [0.25, 0.3) is 10.9 Å². The Labute approximate surface area is 136 Å². The molecule has 0 aliphatic heterocycles. The van der Waals surface area contributed by atoms with E-state index in [1.165, 1.54) is 0 Å². The maximum absolute atomic E-state index is 12.2. The lowest BCUT2D eigenvalue weighted by molar-refractivity contribution is 0.560. The summed E-state index contributed by atoms with van der Waals surface area (Å²) in [5.74, 6) is 0. The van der Waals surface area contributed by atoms with E-state index in [1.807, 2.05) is 42.1 Å². The molecule has 6 heteroatoms. The first-order valence-electron chi connectivity index (χ1n) is 7.53. The van der Waals surface area contributed by atoms with Crippen LogP contribution in [0.3, 0.4) is 0 Å². The van der Waals surface area contributed by atoms with Crippen molar-refractivity contribution in [3.8, 4) is 0 Å². The second-order valence-corrected chi connectivity index (χ2v) is 7.26. The highest BCUT2D eigenvalue weighted by molar-refractivity contribution is 7.89. The largest absolute Gasteiger partial charge is 0.265 e. The summed E-state index contributed by atoms with van der Waals surface area (Å²) < 4.78 is 28.9. The van der Waals surface area contributed by atoms with Crippen molar-refractivity contribution in [3.05, 3.63) is 60.3 Å². The lowest BCUT2D eigenvalue weighted by Gasteiger charge is -2.08. The van der Waals surface area contributed by atoms with Crippen LogP contribution in [-0.4, -0.2) is 24.7 Å². The van der Waals surface area contributed by atoms with E-state index in [-0.39, 0.29) is 0 Å². The fourth-order valence-corrected chi connectivity index (χ4v) is 3.51. The molecule has 0 saturated heterocycles. The third-order valence-electron chi connectivity index (χ3n) is 3.72. The van der Waals surface area contributed by atoms with Crippen molar-refractivity contribution in [2.45, 2.75) is 24.8 Å². The summed E-state index contributed by atoms with van der Waals surface area (Å²) in [5, 5.41) is 5.43. The zero-order chi connectivity index (χ0) is 16.3. The Bertz CT molecular complexity index is 899. The number of rotatable bonds is 6. The van der Waals surface area contributed by atoms with Gasteiger partial charge < -0.3 is 0 Å². The quantitative estimate of drug-likeness (QED) is 0.707. The molecule has 0 atom stereocenters. The predicted molar refractivity (Wildman–Crippen MR) is 90.7 cm³/mol. The van der Waals surface area contributed by atoms with Gasteiger partial charge in [-0.15, -0.1) is 0 Å². The molecule has 0 aliphatic carbocycles. The Morgan fingerprint density at radius 2 is 1.83 bits per heavy atom. The Morgan fingerprint density at radius 1 is 1.09 bits per heavy atom. The van der Waals surface area contributed by atoms with Gasteiger partial charge in [-0.05, 0) is 31.5 Å². The Morgan fingerprint density at radius 3 is 2.61 bits per heavy atom. The average Bonchev–Trinajstić information content (AvgIpc) is 2.95. The van der Waals surface area contributed by atoms with Crippen molar-refractivity contribution < 1.29 is 8.42 Å². The van der Waals surface area contributed by atoms with E-state index in [4.69, 9.17) is 0 Å². The minimum Gasteiger partial charge on any atom is -0.265 e. The van der Waals surface area contributed by atoms with Gasteiger partial charge in [-0.1, -0.05) is 35.9 Å². The van der Waals surface area contributed by atoms with Crippen LogP contribution in [-0.2, 0) is 16.6 Å². The molecule has 0 aliphatic rings. The number of aromatic nitrogens is 2. The van der Waals surface area contributed by atoms with E-state index >= 15 is 0 Å². The van der Waals surface area contributed by atoms with Crippen LogP contribution in [0, 0.1) is 6.92 Å². The third-order valence-corrected chi connectivity index (χ3v) is 5.20. The molecule has 0 unspecified atom stereocenters. The second-order valence-electron chi connectivity index (χ2n) is 5.49. The highest BCUT2D eigenvalue weighted by Crippen LogP contribution is 2.13. The number of para-hydroxylation sites is 1. The van der Waals surface area contributed by atoms with Gasteiger partial charge >= 0.3 is 0 Å². The molecule has 1 heterocycles. The van der Waals surface area contributed by atoms with Crippen LogP contribution in [0.1, 0.15) is 12.0 Å². The summed E-state index contributed by atoms with van der Waals surface area (Å²) in [4.78, 5) is 0.299. The van der Waals surface area contributed by atoms with E-state index in [0.717, 1.165) is 16.5 Å². The normalized spacial score (nSPS) is 11.9. The molecular weight excluding hydrogens is 310 g/mol. The van der Waals surface area contributed by atoms with Gasteiger partial charge in [0.1, 0.15) is 0 Å². The highest BCUT2D eigenvalue weighted by atomic mass is 32.2. The van der Waals surface area contributed by atoms with Gasteiger partial charge in [0.05, 0.1) is 16.6 Å². The standard InChI is InChI=1S/C17H19N3O2S/c1-14-7-9-16(10-8-14)23(21,22)19-11-4-12-20-17-6-3-2-5-15(17)13-18-20/h2-3,5-10,13,19H,4,11-12H2,1H3. The minimum atomic E-state index is -3.44. The van der Waals surface area contributed by atoms with Crippen LogP contribution in [0.4, 0.5) is 0 Å². The van der Waals surface area contributed by atoms with Crippen LogP contribution < -0.4 is 4.72 Å². The van der Waals surface area contributed by atoms with E-state index in [2.05, 4.69) is 9.82 Å². The maximum Gasteiger partial charge on any atom is 0.240 e. The van der Waals surface area contributed by atoms with E-state index in [0.29, 0.717) is 24.4 Å². The lowest BCUT2D eigenvalue weighted by atomic mass is 10.2. The fourth-order valence-electron chi connectivity index (χ4n) is 2.44. The number of aryl methyl sites for hydroxylation is 2. The van der Waals surface area contributed by atoms with Crippen molar-refractivity contribution in [3.63, 3.8) is 0 Å². The smallest absolute Gasteiger partial charge is 0.240 e. The zero-order valence-corrected chi connectivity index (χ0v) is 13.8. The molecule has 0 spiro atoms. The summed E-state index contributed by atoms with van der Waals surface area (Å²) in [6.45, 7) is 2.98. The second kappa shape index (κ2) is 6.52. The van der Waals surface area contributed by atoms with Gasteiger partial charge in [0, 0.05) is 18.5 Å². The molecule has 2 aromatic carbocycles. The van der Waals surface area contributed by atoms with E-state index in [1.54, 1.807) is 24.3 Å². The van der Waals surface area contributed by atoms with Crippen LogP contribution >= 0.6 is 0 Å². The highest BCUT2D eigenvalue weighted by Gasteiger charge is 2.12. The van der Waals surface area contributed by atoms with Gasteiger partial charge in [-0.2, -0.15) is 5.10 Å². The molecule has 0 saturated carbocycles. The number of nitrogens with zero attached hydrogens (tertiary/aromatic N) is 2. The average molecular weight is 329 g/mol. The van der Waals surface area contributed by atoms with Crippen molar-refractivity contribution >= 4 is 20.9 Å². The molecule has 0 fully saturated rings. The molecule has 3 rings (SSSR count). The number of sulfonamides is 1. The Hall–Kier alpha value is -2.18. The molecule has 1 N–H and O–H groups in total. The predicted octanol–water partition coefficient (Wildman–Crippen LogP) is 2.71. The summed E-state index contributed by atoms with van der Waals surface area (Å²) >= 11 is 0. The Kier molecular flexibility index (Phi) is 4.45. The fraction of sp³-hybridized carbons (Fsp3) is 0.235. The number of fused-ring (bicyclic) bond motifs is 1. The first kappa shape index (κ1) is 15.7. The Balaban J connectivity index is 1.58. The van der Waals surface area contributed by atoms with Crippen molar-refractivity contribution in [2.24, 2.45) is 0 Å². The first-order chi connectivity index (χ1) is 11.1. The molecule has 1 aromatic heterocycles. The molecule has 0 radical (unpaired) electrons. The van der Waals surface area contributed by atoms with Crippen molar-refractivity contribution in [1.82, 2.24) is 14.5 Å². The first-order valence-corrected chi connectivity index (χ1v) is 9.01. The number of hydrogen-bond donors (Lipinski definition) is 1. The van der Waals surface area contributed by atoms with Gasteiger partial charge in [0.25, 0.3) is 0 Å². The summed E-state index contributed by atoms with van der Waals surface area (Å²) in [6, 6.07) is 14.8. The van der Waals surface area contributed by atoms with Crippen LogP contribution in [0.5, 0.6) is 0 Å². The molecule has 0 bridgehead atoms. The van der Waals surface area contributed by atoms with Crippen LogP contribution in [0.15, 0.2) is 59.6 Å². The number of hydrogen-bond acceptors (Lipinski definition) is 3. The summed E-state index contributed by atoms with van der Waals surface area (Å²) in [7, 11) is -3.44. The molecule has 3 aromatic rings. The third kappa shape index (κ3) is 3.60. The molecule has 0 amide bonds. The number of benzene rings is 2.